The van der Waals surface area contributed by atoms with Gasteiger partial charge in [0.2, 0.25) is 0 Å². The van der Waals surface area contributed by atoms with E-state index in [2.05, 4.69) is 0 Å². The Hall–Kier alpha value is -2.09. The Morgan fingerprint density at radius 3 is 1.77 bits per heavy atom. The standard InChI is InChI=1S/C20H17ClO/c21-19-13-7-8-16(14-19)15-20(22,17-9-3-1-4-10-17)18-11-5-2-6-12-18/h1-14,22H,15H2. The summed E-state index contributed by atoms with van der Waals surface area (Å²) < 4.78 is 0. The fourth-order valence-corrected chi connectivity index (χ4v) is 2.95. The van der Waals surface area contributed by atoms with Crippen molar-refractivity contribution in [1.82, 2.24) is 0 Å². The molecule has 1 N–H and O–H groups in total. The van der Waals surface area contributed by atoms with Crippen molar-refractivity contribution in [2.75, 3.05) is 0 Å². The lowest BCUT2D eigenvalue weighted by atomic mass is 9.81. The van der Waals surface area contributed by atoms with E-state index in [-0.39, 0.29) is 0 Å². The molecule has 3 rings (SSSR count). The molecule has 110 valence electrons. The molecule has 0 bridgehead atoms. The van der Waals surface area contributed by atoms with E-state index in [0.29, 0.717) is 11.4 Å². The minimum atomic E-state index is -1.08. The first-order valence-corrected chi connectivity index (χ1v) is 7.64. The number of rotatable bonds is 4. The van der Waals surface area contributed by atoms with Gasteiger partial charge in [0.15, 0.2) is 0 Å². The summed E-state index contributed by atoms with van der Waals surface area (Å²) in [5, 5.41) is 12.1. The van der Waals surface area contributed by atoms with Crippen molar-refractivity contribution in [3.05, 3.63) is 107 Å². The second-order valence-electron chi connectivity index (χ2n) is 5.40. The van der Waals surface area contributed by atoms with Gasteiger partial charge in [0.1, 0.15) is 5.60 Å². The van der Waals surface area contributed by atoms with Gasteiger partial charge in [-0.1, -0.05) is 84.4 Å². The Balaban J connectivity index is 2.08. The zero-order valence-electron chi connectivity index (χ0n) is 12.1. The zero-order valence-corrected chi connectivity index (χ0v) is 12.9. The quantitative estimate of drug-likeness (QED) is 0.732. The molecule has 0 unspecified atom stereocenters. The van der Waals surface area contributed by atoms with E-state index in [1.54, 1.807) is 0 Å². The van der Waals surface area contributed by atoms with Gasteiger partial charge in [0.25, 0.3) is 0 Å². The van der Waals surface area contributed by atoms with E-state index in [1.165, 1.54) is 0 Å². The van der Waals surface area contributed by atoms with Crippen LogP contribution in [0.4, 0.5) is 0 Å². The topological polar surface area (TPSA) is 20.2 Å². The number of halogens is 1. The van der Waals surface area contributed by atoms with Crippen LogP contribution in [-0.4, -0.2) is 5.11 Å². The van der Waals surface area contributed by atoms with E-state index in [4.69, 9.17) is 11.6 Å². The number of hydrogen-bond acceptors (Lipinski definition) is 1. The van der Waals surface area contributed by atoms with Gasteiger partial charge in [0, 0.05) is 11.4 Å². The summed E-state index contributed by atoms with van der Waals surface area (Å²) in [6, 6.07) is 27.2. The van der Waals surface area contributed by atoms with Crippen LogP contribution in [0.3, 0.4) is 0 Å². The molecule has 0 atom stereocenters. The van der Waals surface area contributed by atoms with E-state index in [9.17, 15) is 5.11 Å². The van der Waals surface area contributed by atoms with Gasteiger partial charge in [-0.15, -0.1) is 0 Å². The molecule has 0 spiro atoms. The molecular formula is C20H17ClO. The highest BCUT2D eigenvalue weighted by Gasteiger charge is 2.31. The molecule has 0 amide bonds. The van der Waals surface area contributed by atoms with Crippen LogP contribution in [0.5, 0.6) is 0 Å². The predicted molar refractivity (Wildman–Crippen MR) is 91.0 cm³/mol. The van der Waals surface area contributed by atoms with Crippen LogP contribution >= 0.6 is 11.6 Å². The minimum absolute atomic E-state index is 0.474. The van der Waals surface area contributed by atoms with Crippen molar-refractivity contribution in [2.45, 2.75) is 12.0 Å². The largest absolute Gasteiger partial charge is 0.380 e. The fraction of sp³-hybridized carbons (Fsp3) is 0.100. The molecule has 0 aliphatic rings. The van der Waals surface area contributed by atoms with Gasteiger partial charge in [-0.2, -0.15) is 0 Å². The smallest absolute Gasteiger partial charge is 0.119 e. The summed E-state index contributed by atoms with van der Waals surface area (Å²) >= 11 is 6.08. The Kier molecular flexibility index (Phi) is 4.28. The average molecular weight is 309 g/mol. The fourth-order valence-electron chi connectivity index (χ4n) is 2.74. The average Bonchev–Trinajstić information content (AvgIpc) is 2.56. The third-order valence-electron chi connectivity index (χ3n) is 3.85. The van der Waals surface area contributed by atoms with Gasteiger partial charge < -0.3 is 5.11 Å². The van der Waals surface area contributed by atoms with Crippen LogP contribution in [0.25, 0.3) is 0 Å². The first kappa shape index (κ1) is 14.8. The lowest BCUT2D eigenvalue weighted by Crippen LogP contribution is -2.30. The molecule has 3 aromatic carbocycles. The molecule has 3 aromatic rings. The monoisotopic (exact) mass is 308 g/mol. The van der Waals surface area contributed by atoms with Crippen molar-refractivity contribution in [3.8, 4) is 0 Å². The maximum absolute atomic E-state index is 11.5. The second kappa shape index (κ2) is 6.35. The van der Waals surface area contributed by atoms with Crippen LogP contribution in [0.15, 0.2) is 84.9 Å². The molecule has 0 saturated carbocycles. The summed E-state index contributed by atoms with van der Waals surface area (Å²) in [4.78, 5) is 0. The highest BCUT2D eigenvalue weighted by atomic mass is 35.5. The van der Waals surface area contributed by atoms with Crippen molar-refractivity contribution in [2.24, 2.45) is 0 Å². The van der Waals surface area contributed by atoms with Gasteiger partial charge in [0.05, 0.1) is 0 Å². The molecule has 0 saturated heterocycles. The Morgan fingerprint density at radius 1 is 0.727 bits per heavy atom. The third kappa shape index (κ3) is 3.06. The Labute approximate surface area is 135 Å². The Morgan fingerprint density at radius 2 is 1.27 bits per heavy atom. The molecule has 0 aliphatic heterocycles. The molecule has 22 heavy (non-hydrogen) atoms. The van der Waals surface area contributed by atoms with Crippen LogP contribution in [-0.2, 0) is 12.0 Å². The molecule has 1 nitrogen and oxygen atoms in total. The molecule has 0 radical (unpaired) electrons. The summed E-state index contributed by atoms with van der Waals surface area (Å²) in [6.45, 7) is 0. The summed E-state index contributed by atoms with van der Waals surface area (Å²) in [7, 11) is 0. The normalized spacial score (nSPS) is 11.4. The van der Waals surface area contributed by atoms with Gasteiger partial charge >= 0.3 is 0 Å². The zero-order chi connectivity index (χ0) is 15.4. The number of aliphatic hydroxyl groups is 1. The first-order valence-electron chi connectivity index (χ1n) is 7.26. The van der Waals surface area contributed by atoms with Gasteiger partial charge in [-0.3, -0.25) is 0 Å². The molecule has 0 aromatic heterocycles. The van der Waals surface area contributed by atoms with Crippen molar-refractivity contribution in [1.29, 1.82) is 0 Å². The Bertz CT molecular complexity index is 698. The highest BCUT2D eigenvalue weighted by molar-refractivity contribution is 6.30. The lowest BCUT2D eigenvalue weighted by molar-refractivity contribution is 0.0811. The van der Waals surface area contributed by atoms with E-state index in [1.807, 2.05) is 84.9 Å². The van der Waals surface area contributed by atoms with Gasteiger partial charge in [-0.05, 0) is 28.8 Å². The third-order valence-corrected chi connectivity index (χ3v) is 4.09. The highest BCUT2D eigenvalue weighted by Crippen LogP contribution is 2.33. The summed E-state index contributed by atoms with van der Waals surface area (Å²) in [5.74, 6) is 0. The maximum Gasteiger partial charge on any atom is 0.119 e. The molecular weight excluding hydrogens is 292 g/mol. The SMILES string of the molecule is OC(Cc1cccc(Cl)c1)(c1ccccc1)c1ccccc1. The summed E-state index contributed by atoms with van der Waals surface area (Å²) in [5.41, 5.74) is 1.68. The van der Waals surface area contributed by atoms with Crippen LogP contribution in [0.1, 0.15) is 16.7 Å². The molecule has 0 aliphatic carbocycles. The van der Waals surface area contributed by atoms with Gasteiger partial charge in [-0.25, -0.2) is 0 Å². The van der Waals surface area contributed by atoms with Crippen molar-refractivity contribution in [3.63, 3.8) is 0 Å². The van der Waals surface area contributed by atoms with E-state index in [0.717, 1.165) is 16.7 Å². The van der Waals surface area contributed by atoms with Crippen LogP contribution in [0.2, 0.25) is 5.02 Å². The molecule has 2 heteroatoms. The van der Waals surface area contributed by atoms with Crippen LogP contribution < -0.4 is 0 Å². The second-order valence-corrected chi connectivity index (χ2v) is 5.84. The lowest BCUT2D eigenvalue weighted by Gasteiger charge is -2.29. The van der Waals surface area contributed by atoms with E-state index >= 15 is 0 Å². The van der Waals surface area contributed by atoms with Crippen LogP contribution in [0, 0.1) is 0 Å². The minimum Gasteiger partial charge on any atom is -0.380 e. The number of hydrogen-bond donors (Lipinski definition) is 1. The van der Waals surface area contributed by atoms with Crippen molar-refractivity contribution >= 4 is 11.6 Å². The number of benzene rings is 3. The molecule has 0 heterocycles. The molecule has 0 fully saturated rings. The van der Waals surface area contributed by atoms with Crippen molar-refractivity contribution < 1.29 is 5.11 Å². The predicted octanol–water partition coefficient (Wildman–Crippen LogP) is 4.82. The first-order chi connectivity index (χ1) is 10.7. The maximum atomic E-state index is 11.5. The summed E-state index contributed by atoms with van der Waals surface area (Å²) in [6.07, 6.45) is 0.474. The van der Waals surface area contributed by atoms with E-state index < -0.39 is 5.60 Å².